The van der Waals surface area contributed by atoms with Crippen LogP contribution in [-0.4, -0.2) is 28.7 Å². The number of benzene rings is 1. The smallest absolute Gasteiger partial charge is 0.326 e. The third kappa shape index (κ3) is 3.98. The van der Waals surface area contributed by atoms with Crippen molar-refractivity contribution in [1.82, 2.24) is 10.6 Å². The van der Waals surface area contributed by atoms with E-state index in [9.17, 15) is 9.59 Å². The summed E-state index contributed by atoms with van der Waals surface area (Å²) in [4.78, 5) is 22.9. The predicted octanol–water partition coefficient (Wildman–Crippen LogP) is 1.53. The molecule has 1 aliphatic carbocycles. The number of aliphatic carboxylic acids is 1. The molecule has 1 fully saturated rings. The van der Waals surface area contributed by atoms with Crippen molar-refractivity contribution in [3.05, 3.63) is 35.9 Å². The van der Waals surface area contributed by atoms with Crippen LogP contribution >= 0.6 is 0 Å². The fourth-order valence-electron chi connectivity index (χ4n) is 1.83. The van der Waals surface area contributed by atoms with Gasteiger partial charge in [-0.15, -0.1) is 0 Å². The Morgan fingerprint density at radius 3 is 2.47 bits per heavy atom. The average molecular weight is 262 g/mol. The minimum absolute atomic E-state index is 0.153. The summed E-state index contributed by atoms with van der Waals surface area (Å²) in [6.45, 7) is 1.94. The van der Waals surface area contributed by atoms with Crippen molar-refractivity contribution >= 4 is 12.0 Å². The summed E-state index contributed by atoms with van der Waals surface area (Å²) < 4.78 is 0. The first-order valence-electron chi connectivity index (χ1n) is 6.34. The van der Waals surface area contributed by atoms with E-state index >= 15 is 0 Å². The van der Waals surface area contributed by atoms with E-state index in [1.165, 1.54) is 0 Å². The van der Waals surface area contributed by atoms with Crippen LogP contribution in [0.2, 0.25) is 0 Å². The number of amides is 2. The zero-order valence-electron chi connectivity index (χ0n) is 10.8. The molecular weight excluding hydrogens is 244 g/mol. The van der Waals surface area contributed by atoms with Gasteiger partial charge in [-0.3, -0.25) is 0 Å². The number of carbonyl (C=O) groups excluding carboxylic acids is 1. The summed E-state index contributed by atoms with van der Waals surface area (Å²) in [5.74, 6) is -1.03. The summed E-state index contributed by atoms with van der Waals surface area (Å²) >= 11 is 0. The quantitative estimate of drug-likeness (QED) is 0.753. The molecule has 102 valence electrons. The highest BCUT2D eigenvalue weighted by Gasteiger charge is 2.39. The summed E-state index contributed by atoms with van der Waals surface area (Å²) in [6.07, 6.45) is 2.16. The van der Waals surface area contributed by atoms with Crippen LogP contribution in [-0.2, 0) is 11.2 Å². The van der Waals surface area contributed by atoms with Gasteiger partial charge in [0.25, 0.3) is 0 Å². The third-order valence-electron chi connectivity index (χ3n) is 3.30. The van der Waals surface area contributed by atoms with Crippen LogP contribution in [0.3, 0.4) is 0 Å². The standard InChI is InChI=1S/C14H18N2O3/c1-14(7-8-14)16-13(19)15-11(12(17)18)9-10-5-3-2-4-6-10/h2-6,11H,7-9H2,1H3,(H,17,18)(H2,15,16,19). The van der Waals surface area contributed by atoms with E-state index in [0.717, 1.165) is 18.4 Å². The van der Waals surface area contributed by atoms with Crippen molar-refractivity contribution in [2.75, 3.05) is 0 Å². The Labute approximate surface area is 112 Å². The van der Waals surface area contributed by atoms with Crippen LogP contribution in [0.5, 0.6) is 0 Å². The van der Waals surface area contributed by atoms with E-state index in [-0.39, 0.29) is 12.0 Å². The second kappa shape index (κ2) is 5.30. The van der Waals surface area contributed by atoms with Crippen LogP contribution in [0.4, 0.5) is 4.79 Å². The Balaban J connectivity index is 1.92. The molecule has 0 aromatic heterocycles. The SMILES string of the molecule is CC1(NC(=O)NC(Cc2ccccc2)C(=O)O)CC1. The normalized spacial score (nSPS) is 17.3. The van der Waals surface area contributed by atoms with Gasteiger partial charge in [0.1, 0.15) is 6.04 Å². The molecule has 1 aromatic rings. The lowest BCUT2D eigenvalue weighted by Crippen LogP contribution is -2.50. The third-order valence-corrected chi connectivity index (χ3v) is 3.30. The van der Waals surface area contributed by atoms with Gasteiger partial charge in [0.05, 0.1) is 0 Å². The van der Waals surface area contributed by atoms with Crippen molar-refractivity contribution in [3.63, 3.8) is 0 Å². The highest BCUT2D eigenvalue weighted by atomic mass is 16.4. The average Bonchev–Trinajstić information content (AvgIpc) is 3.07. The number of hydrogen-bond acceptors (Lipinski definition) is 2. The van der Waals surface area contributed by atoms with E-state index in [2.05, 4.69) is 10.6 Å². The Morgan fingerprint density at radius 2 is 1.95 bits per heavy atom. The fourth-order valence-corrected chi connectivity index (χ4v) is 1.83. The van der Waals surface area contributed by atoms with Gasteiger partial charge in [-0.2, -0.15) is 0 Å². The predicted molar refractivity (Wildman–Crippen MR) is 70.9 cm³/mol. The van der Waals surface area contributed by atoms with Gasteiger partial charge in [-0.25, -0.2) is 9.59 Å². The lowest BCUT2D eigenvalue weighted by molar-refractivity contribution is -0.139. The first kappa shape index (κ1) is 13.4. The number of carboxylic acid groups (broad SMARTS) is 1. The summed E-state index contributed by atoms with van der Waals surface area (Å²) in [5.41, 5.74) is 0.729. The van der Waals surface area contributed by atoms with Crippen LogP contribution in [0.25, 0.3) is 0 Å². The van der Waals surface area contributed by atoms with Crippen LogP contribution in [0, 0.1) is 0 Å². The lowest BCUT2D eigenvalue weighted by Gasteiger charge is -2.17. The maximum atomic E-state index is 11.7. The molecule has 19 heavy (non-hydrogen) atoms. The van der Waals surface area contributed by atoms with Gasteiger partial charge < -0.3 is 15.7 Å². The van der Waals surface area contributed by atoms with Gasteiger partial charge in [0.2, 0.25) is 0 Å². The number of carboxylic acids is 1. The maximum Gasteiger partial charge on any atom is 0.326 e. The molecule has 0 heterocycles. The molecule has 1 atom stereocenters. The second-order valence-electron chi connectivity index (χ2n) is 5.24. The molecule has 5 heteroatoms. The fraction of sp³-hybridized carbons (Fsp3) is 0.429. The summed E-state index contributed by atoms with van der Waals surface area (Å²) in [6, 6.07) is 7.93. The van der Waals surface area contributed by atoms with Gasteiger partial charge in [0, 0.05) is 12.0 Å². The Hall–Kier alpha value is -2.04. The van der Waals surface area contributed by atoms with E-state index in [0.29, 0.717) is 0 Å². The van der Waals surface area contributed by atoms with Gasteiger partial charge >= 0.3 is 12.0 Å². The molecule has 3 N–H and O–H groups in total. The number of carbonyl (C=O) groups is 2. The number of nitrogens with one attached hydrogen (secondary N) is 2. The summed E-state index contributed by atoms with van der Waals surface area (Å²) in [7, 11) is 0. The molecule has 0 spiro atoms. The number of rotatable bonds is 5. The van der Waals surface area contributed by atoms with E-state index in [1.54, 1.807) is 0 Å². The minimum atomic E-state index is -1.03. The monoisotopic (exact) mass is 262 g/mol. The molecule has 1 unspecified atom stereocenters. The highest BCUT2D eigenvalue weighted by Crippen LogP contribution is 2.33. The first-order valence-corrected chi connectivity index (χ1v) is 6.34. The minimum Gasteiger partial charge on any atom is -0.480 e. The molecule has 1 saturated carbocycles. The van der Waals surface area contributed by atoms with Gasteiger partial charge in [-0.1, -0.05) is 30.3 Å². The van der Waals surface area contributed by atoms with E-state index in [1.807, 2.05) is 37.3 Å². The molecule has 5 nitrogen and oxygen atoms in total. The Bertz CT molecular complexity index is 469. The van der Waals surface area contributed by atoms with Crippen molar-refractivity contribution in [2.24, 2.45) is 0 Å². The van der Waals surface area contributed by atoms with E-state index in [4.69, 9.17) is 5.11 Å². The zero-order valence-corrected chi connectivity index (χ0v) is 10.8. The number of hydrogen-bond donors (Lipinski definition) is 3. The molecule has 2 amide bonds. The zero-order chi connectivity index (χ0) is 13.9. The second-order valence-corrected chi connectivity index (χ2v) is 5.24. The van der Waals surface area contributed by atoms with Crippen molar-refractivity contribution < 1.29 is 14.7 Å². The van der Waals surface area contributed by atoms with Crippen LogP contribution < -0.4 is 10.6 Å². The molecule has 1 aliphatic rings. The molecule has 1 aromatic carbocycles. The lowest BCUT2D eigenvalue weighted by atomic mass is 10.1. The van der Waals surface area contributed by atoms with Gasteiger partial charge in [-0.05, 0) is 25.3 Å². The molecule has 0 bridgehead atoms. The van der Waals surface area contributed by atoms with Crippen molar-refractivity contribution in [3.8, 4) is 0 Å². The molecular formula is C14H18N2O3. The highest BCUT2D eigenvalue weighted by molar-refractivity contribution is 5.83. The van der Waals surface area contributed by atoms with Crippen LogP contribution in [0.15, 0.2) is 30.3 Å². The van der Waals surface area contributed by atoms with Gasteiger partial charge in [0.15, 0.2) is 0 Å². The van der Waals surface area contributed by atoms with Crippen molar-refractivity contribution in [2.45, 2.75) is 37.8 Å². The topological polar surface area (TPSA) is 78.4 Å². The maximum absolute atomic E-state index is 11.7. The molecule has 0 aliphatic heterocycles. The summed E-state index contributed by atoms with van der Waals surface area (Å²) in [5, 5.41) is 14.5. The van der Waals surface area contributed by atoms with Crippen LogP contribution in [0.1, 0.15) is 25.3 Å². The molecule has 0 radical (unpaired) electrons. The van der Waals surface area contributed by atoms with Crippen molar-refractivity contribution in [1.29, 1.82) is 0 Å². The first-order chi connectivity index (χ1) is 8.98. The Kier molecular flexibility index (Phi) is 3.74. The van der Waals surface area contributed by atoms with E-state index < -0.39 is 18.0 Å². The largest absolute Gasteiger partial charge is 0.480 e. The molecule has 0 saturated heterocycles. The molecule has 2 rings (SSSR count). The number of urea groups is 1. The Morgan fingerprint density at radius 1 is 1.32 bits per heavy atom.